The summed E-state index contributed by atoms with van der Waals surface area (Å²) < 4.78 is 10.7. The maximum Gasteiger partial charge on any atom is 0.338 e. The summed E-state index contributed by atoms with van der Waals surface area (Å²) in [6.07, 6.45) is 2.64. The van der Waals surface area contributed by atoms with E-state index in [9.17, 15) is 9.59 Å². The van der Waals surface area contributed by atoms with Gasteiger partial charge in [0.05, 0.1) is 30.0 Å². The lowest BCUT2D eigenvalue weighted by atomic mass is 10.0. The van der Waals surface area contributed by atoms with E-state index in [2.05, 4.69) is 20.3 Å². The minimum Gasteiger partial charge on any atom is -0.462 e. The van der Waals surface area contributed by atoms with Crippen LogP contribution in [-0.2, 0) is 15.9 Å². The van der Waals surface area contributed by atoms with Crippen LogP contribution in [0.5, 0.6) is 0 Å². The highest BCUT2D eigenvalue weighted by Crippen LogP contribution is 2.21. The highest BCUT2D eigenvalue weighted by atomic mass is 35.5. The molecule has 1 amide bonds. The Morgan fingerprint density at radius 1 is 1.40 bits per heavy atom. The fraction of sp³-hybridized carbons (Fsp3) is 0.500. The van der Waals surface area contributed by atoms with Gasteiger partial charge in [-0.1, -0.05) is 18.5 Å². The van der Waals surface area contributed by atoms with Crippen LogP contribution in [0.1, 0.15) is 46.9 Å². The summed E-state index contributed by atoms with van der Waals surface area (Å²) in [5, 5.41) is 3.29. The van der Waals surface area contributed by atoms with Crippen LogP contribution in [-0.4, -0.2) is 65.8 Å². The van der Waals surface area contributed by atoms with Gasteiger partial charge in [-0.15, -0.1) is 0 Å². The van der Waals surface area contributed by atoms with Gasteiger partial charge in [-0.25, -0.2) is 14.8 Å². The lowest BCUT2D eigenvalue weighted by Gasteiger charge is -2.38. The number of rotatable bonds is 7. The number of nitrogens with zero attached hydrogens (tertiary/aromatic N) is 3. The molecule has 2 N–H and O–H groups in total. The number of esters is 1. The number of piperidine rings is 1. The van der Waals surface area contributed by atoms with E-state index in [1.807, 2.05) is 11.8 Å². The fourth-order valence-corrected chi connectivity index (χ4v) is 3.69. The second-order valence-electron chi connectivity index (χ2n) is 6.92. The topological polar surface area (TPSA) is 109 Å². The molecule has 0 radical (unpaired) electrons. The highest BCUT2D eigenvalue weighted by molar-refractivity contribution is 6.30. The number of halogens is 1. The average Bonchev–Trinajstić information content (AvgIpc) is 3.15. The number of ether oxygens (including phenoxy) is 2. The Morgan fingerprint density at radius 3 is 2.87 bits per heavy atom. The quantitative estimate of drug-likeness (QED) is 0.641. The summed E-state index contributed by atoms with van der Waals surface area (Å²) in [4.78, 5) is 38.0. The van der Waals surface area contributed by atoms with E-state index < -0.39 is 0 Å². The number of aromatic amines is 1. The fourth-order valence-electron chi connectivity index (χ4n) is 3.43. The molecule has 0 bridgehead atoms. The number of methoxy groups -OCH3 is 1. The van der Waals surface area contributed by atoms with E-state index in [0.717, 1.165) is 5.69 Å². The Bertz CT molecular complexity index is 903. The molecular weight excluding hydrogens is 410 g/mol. The zero-order valence-electron chi connectivity index (χ0n) is 17.3. The lowest BCUT2D eigenvalue weighted by molar-refractivity contribution is 0.0522. The molecule has 0 aromatic carbocycles. The molecule has 0 saturated carbocycles. The monoisotopic (exact) mass is 435 g/mol. The molecule has 10 heteroatoms. The van der Waals surface area contributed by atoms with Crippen molar-refractivity contribution in [1.29, 1.82) is 0 Å². The number of pyridine rings is 1. The largest absolute Gasteiger partial charge is 0.462 e. The van der Waals surface area contributed by atoms with Crippen LogP contribution in [0.25, 0.3) is 0 Å². The summed E-state index contributed by atoms with van der Waals surface area (Å²) in [6.45, 7) is 5.17. The van der Waals surface area contributed by atoms with Gasteiger partial charge in [-0.3, -0.25) is 4.79 Å². The van der Waals surface area contributed by atoms with Crippen LogP contribution in [0.4, 0.5) is 5.82 Å². The molecule has 3 heterocycles. The van der Waals surface area contributed by atoms with Gasteiger partial charge in [-0.05, 0) is 31.9 Å². The number of carbonyl (C=O) groups is 2. The number of carbonyl (C=O) groups excluding carboxylic acids is 2. The second kappa shape index (κ2) is 9.90. The standard InChI is InChI=1S/C20H26ClN5O4/c1-4-13-17(21)25-18(23-13)19(27)24-14-7-9-26(11-15(14)29-3)16-10-12(6-8-22-16)20(28)30-5-2/h6,8,10,14-15H,4-5,7,9,11H2,1-3H3,(H,23,25)(H,24,27)/t14-,15+/m0/s1. The van der Waals surface area contributed by atoms with E-state index in [-0.39, 0.29) is 29.8 Å². The molecule has 3 rings (SSSR count). The molecule has 162 valence electrons. The van der Waals surface area contributed by atoms with Crippen molar-refractivity contribution in [3.05, 3.63) is 40.6 Å². The Kier molecular flexibility index (Phi) is 7.28. The molecule has 1 fully saturated rings. The Balaban J connectivity index is 1.67. The molecule has 1 aliphatic heterocycles. The minimum atomic E-state index is -0.379. The van der Waals surface area contributed by atoms with Gasteiger partial charge in [0, 0.05) is 26.4 Å². The number of anilines is 1. The zero-order valence-corrected chi connectivity index (χ0v) is 18.0. The van der Waals surface area contributed by atoms with Crippen molar-refractivity contribution < 1.29 is 19.1 Å². The number of amides is 1. The van der Waals surface area contributed by atoms with E-state index in [0.29, 0.717) is 49.1 Å². The minimum absolute atomic E-state index is 0.193. The average molecular weight is 436 g/mol. The van der Waals surface area contributed by atoms with Gasteiger partial charge >= 0.3 is 5.97 Å². The van der Waals surface area contributed by atoms with Gasteiger partial charge in [0.1, 0.15) is 5.82 Å². The van der Waals surface area contributed by atoms with Crippen LogP contribution < -0.4 is 10.2 Å². The molecule has 0 aliphatic carbocycles. The van der Waals surface area contributed by atoms with Gasteiger partial charge < -0.3 is 24.7 Å². The molecule has 1 aliphatic rings. The van der Waals surface area contributed by atoms with Crippen LogP contribution in [0.2, 0.25) is 5.15 Å². The molecule has 0 spiro atoms. The van der Waals surface area contributed by atoms with Crippen molar-refractivity contribution in [3.8, 4) is 0 Å². The SMILES string of the molecule is CCOC(=O)c1ccnc(N2CC[C@H](NC(=O)c3nc(Cl)c(CC)[nH]3)[C@H](OC)C2)c1. The first-order chi connectivity index (χ1) is 14.5. The third kappa shape index (κ3) is 4.91. The summed E-state index contributed by atoms with van der Waals surface area (Å²) in [5.74, 6) is 0.158. The van der Waals surface area contributed by atoms with Crippen molar-refractivity contribution >= 4 is 29.3 Å². The molecule has 2 aromatic heterocycles. The molecule has 2 atom stereocenters. The molecule has 0 unspecified atom stereocenters. The predicted octanol–water partition coefficient (Wildman–Crippen LogP) is 2.22. The van der Waals surface area contributed by atoms with Crippen molar-refractivity contribution in [1.82, 2.24) is 20.3 Å². The summed E-state index contributed by atoms with van der Waals surface area (Å²) in [6, 6.07) is 3.14. The van der Waals surface area contributed by atoms with Gasteiger partial charge in [-0.2, -0.15) is 0 Å². The van der Waals surface area contributed by atoms with Crippen LogP contribution in [0, 0.1) is 0 Å². The van der Waals surface area contributed by atoms with Crippen LogP contribution >= 0.6 is 11.6 Å². The van der Waals surface area contributed by atoms with Gasteiger partial charge in [0.15, 0.2) is 11.0 Å². The van der Waals surface area contributed by atoms with Crippen molar-refractivity contribution in [2.45, 2.75) is 38.8 Å². The second-order valence-corrected chi connectivity index (χ2v) is 7.28. The number of aryl methyl sites for hydroxylation is 1. The third-order valence-corrected chi connectivity index (χ3v) is 5.37. The number of aromatic nitrogens is 3. The maximum absolute atomic E-state index is 12.6. The first-order valence-corrected chi connectivity index (χ1v) is 10.3. The summed E-state index contributed by atoms with van der Waals surface area (Å²) in [7, 11) is 1.61. The van der Waals surface area contributed by atoms with Gasteiger partial charge in [0.25, 0.3) is 5.91 Å². The first-order valence-electron chi connectivity index (χ1n) is 9.92. The summed E-state index contributed by atoms with van der Waals surface area (Å²) in [5.41, 5.74) is 1.18. The normalized spacial score (nSPS) is 18.9. The molecule has 2 aromatic rings. The van der Waals surface area contributed by atoms with Gasteiger partial charge in [0.2, 0.25) is 0 Å². The van der Waals surface area contributed by atoms with Crippen LogP contribution in [0.3, 0.4) is 0 Å². The number of imidazole rings is 1. The molecule has 9 nitrogen and oxygen atoms in total. The van der Waals surface area contributed by atoms with Crippen molar-refractivity contribution in [2.75, 3.05) is 31.7 Å². The molecular formula is C20H26ClN5O4. The zero-order chi connectivity index (χ0) is 21.7. The highest BCUT2D eigenvalue weighted by Gasteiger charge is 2.32. The Morgan fingerprint density at radius 2 is 2.20 bits per heavy atom. The predicted molar refractivity (Wildman–Crippen MR) is 112 cm³/mol. The maximum atomic E-state index is 12.6. The first kappa shape index (κ1) is 22.0. The van der Waals surface area contributed by atoms with Crippen LogP contribution in [0.15, 0.2) is 18.3 Å². The van der Waals surface area contributed by atoms with E-state index >= 15 is 0 Å². The smallest absolute Gasteiger partial charge is 0.338 e. The third-order valence-electron chi connectivity index (χ3n) is 5.06. The summed E-state index contributed by atoms with van der Waals surface area (Å²) >= 11 is 6.04. The van der Waals surface area contributed by atoms with Crippen molar-refractivity contribution in [3.63, 3.8) is 0 Å². The number of nitrogens with one attached hydrogen (secondary N) is 2. The number of hydrogen-bond acceptors (Lipinski definition) is 7. The van der Waals surface area contributed by atoms with E-state index in [1.165, 1.54) is 0 Å². The Hall–Kier alpha value is -2.65. The molecule has 30 heavy (non-hydrogen) atoms. The molecule has 1 saturated heterocycles. The van der Waals surface area contributed by atoms with E-state index in [4.69, 9.17) is 21.1 Å². The van der Waals surface area contributed by atoms with Crippen molar-refractivity contribution in [2.24, 2.45) is 0 Å². The Labute approximate surface area is 180 Å². The number of H-pyrrole nitrogens is 1. The lowest BCUT2D eigenvalue weighted by Crippen LogP contribution is -2.55. The number of hydrogen-bond donors (Lipinski definition) is 2. The van der Waals surface area contributed by atoms with E-state index in [1.54, 1.807) is 32.4 Å².